The van der Waals surface area contributed by atoms with E-state index in [2.05, 4.69) is 27.0 Å². The lowest BCUT2D eigenvalue weighted by atomic mass is 9.97. The molecule has 5 rings (SSSR count). The lowest BCUT2D eigenvalue weighted by Gasteiger charge is -2.23. The van der Waals surface area contributed by atoms with Gasteiger partial charge < -0.3 is 23.7 Å². The Labute approximate surface area is 273 Å². The van der Waals surface area contributed by atoms with E-state index in [-0.39, 0.29) is 11.1 Å². The highest BCUT2D eigenvalue weighted by atomic mass is 79.9. The van der Waals surface area contributed by atoms with E-state index in [4.69, 9.17) is 23.7 Å². The maximum atomic E-state index is 14.0. The monoisotopic (exact) mass is 692 g/mol. The lowest BCUT2D eigenvalue weighted by molar-refractivity contribution is -0.136. The van der Waals surface area contributed by atoms with Crippen LogP contribution in [0, 0.1) is 6.92 Å². The largest absolute Gasteiger partial charge is 0.493 e. The second kappa shape index (κ2) is 14.2. The van der Waals surface area contributed by atoms with Gasteiger partial charge in [-0.05, 0) is 83.7 Å². The van der Waals surface area contributed by atoms with Crippen molar-refractivity contribution in [2.24, 2.45) is 4.99 Å². The summed E-state index contributed by atoms with van der Waals surface area (Å²) in [6.07, 6.45) is 3.23. The molecular weight excluding hydrogens is 660 g/mol. The molecule has 0 N–H and O–H groups in total. The molecule has 0 saturated carbocycles. The van der Waals surface area contributed by atoms with Crippen LogP contribution in [0.2, 0.25) is 0 Å². The van der Waals surface area contributed by atoms with E-state index in [1.54, 1.807) is 25.3 Å². The minimum Gasteiger partial charge on any atom is -0.493 e. The zero-order valence-corrected chi connectivity index (χ0v) is 28.0. The van der Waals surface area contributed by atoms with Crippen LogP contribution in [0.3, 0.4) is 0 Å². The van der Waals surface area contributed by atoms with Crippen LogP contribution in [0.25, 0.3) is 6.08 Å². The van der Waals surface area contributed by atoms with Crippen LogP contribution in [0.15, 0.2) is 80.6 Å². The molecule has 45 heavy (non-hydrogen) atoms. The van der Waals surface area contributed by atoms with Crippen LogP contribution < -0.4 is 33.8 Å². The summed E-state index contributed by atoms with van der Waals surface area (Å²) in [5.74, 6) is 1.58. The van der Waals surface area contributed by atoms with Crippen LogP contribution in [-0.2, 0) is 16.1 Å². The summed E-state index contributed by atoms with van der Waals surface area (Å²) in [5, 5.41) is 0. The number of methoxy groups -OCH3 is 2. The Hall–Kier alpha value is -4.35. The molecule has 1 aliphatic rings. The molecule has 1 aliphatic heterocycles. The number of aromatic nitrogens is 1. The van der Waals surface area contributed by atoms with Crippen molar-refractivity contribution >= 4 is 39.3 Å². The van der Waals surface area contributed by atoms with Gasteiger partial charge in [0.1, 0.15) is 6.61 Å². The van der Waals surface area contributed by atoms with Crippen LogP contribution >= 0.6 is 27.3 Å². The molecule has 4 aromatic rings. The van der Waals surface area contributed by atoms with Gasteiger partial charge in [-0.15, -0.1) is 0 Å². The smallest absolute Gasteiger partial charge is 0.337 e. The molecule has 0 spiro atoms. The van der Waals surface area contributed by atoms with Gasteiger partial charge in [0, 0.05) is 6.20 Å². The first-order valence-electron chi connectivity index (χ1n) is 14.3. The number of ether oxygens (including phenoxy) is 5. The van der Waals surface area contributed by atoms with E-state index in [1.165, 1.54) is 29.2 Å². The molecule has 3 aromatic carbocycles. The lowest BCUT2D eigenvalue weighted by Crippen LogP contribution is -2.39. The topological polar surface area (TPSA) is 97.6 Å². The van der Waals surface area contributed by atoms with E-state index in [9.17, 15) is 9.59 Å². The molecule has 0 fully saturated rings. The quantitative estimate of drug-likeness (QED) is 0.192. The Kier molecular flexibility index (Phi) is 10.1. The number of rotatable bonds is 11. The molecule has 9 nitrogen and oxygen atoms in total. The highest BCUT2D eigenvalue weighted by Gasteiger charge is 2.31. The van der Waals surface area contributed by atoms with Gasteiger partial charge in [0.25, 0.3) is 5.56 Å². The molecule has 1 atom stereocenters. The zero-order valence-electron chi connectivity index (χ0n) is 25.6. The Bertz CT molecular complexity index is 1950. The number of fused-ring (bicyclic) bond motifs is 1. The van der Waals surface area contributed by atoms with Gasteiger partial charge in [-0.2, -0.15) is 0 Å². The number of carbonyl (C=O) groups is 1. The van der Waals surface area contributed by atoms with Gasteiger partial charge in [-0.25, -0.2) is 9.79 Å². The molecule has 2 heterocycles. The predicted molar refractivity (Wildman–Crippen MR) is 176 cm³/mol. The first-order chi connectivity index (χ1) is 21.8. The molecule has 0 bridgehead atoms. The molecule has 234 valence electrons. The number of aryl methyl sites for hydroxylation is 1. The number of benzene rings is 3. The summed E-state index contributed by atoms with van der Waals surface area (Å²) in [6.45, 7) is 7.05. The first kappa shape index (κ1) is 32.1. The van der Waals surface area contributed by atoms with Gasteiger partial charge in [0.15, 0.2) is 27.8 Å². The summed E-state index contributed by atoms with van der Waals surface area (Å²) in [4.78, 5) is 31.8. The number of thiazole rings is 1. The van der Waals surface area contributed by atoms with Crippen LogP contribution in [-0.4, -0.2) is 38.0 Å². The van der Waals surface area contributed by atoms with Crippen molar-refractivity contribution in [3.8, 4) is 23.0 Å². The molecule has 0 aliphatic carbocycles. The van der Waals surface area contributed by atoms with Crippen LogP contribution in [0.4, 0.5) is 0 Å². The van der Waals surface area contributed by atoms with Crippen molar-refractivity contribution in [3.05, 3.63) is 113 Å². The highest BCUT2D eigenvalue weighted by Crippen LogP contribution is 2.38. The van der Waals surface area contributed by atoms with Crippen molar-refractivity contribution in [1.82, 2.24) is 4.57 Å². The van der Waals surface area contributed by atoms with Crippen molar-refractivity contribution in [1.29, 1.82) is 0 Å². The van der Waals surface area contributed by atoms with Crippen molar-refractivity contribution in [2.75, 3.05) is 27.4 Å². The Morgan fingerprint density at radius 1 is 1.00 bits per heavy atom. The Morgan fingerprint density at radius 3 is 2.49 bits per heavy atom. The third-order valence-corrected chi connectivity index (χ3v) is 8.61. The number of carbonyl (C=O) groups excluding carboxylic acids is 1. The average Bonchev–Trinajstić information content (AvgIpc) is 3.35. The molecule has 0 amide bonds. The number of halogens is 1. The summed E-state index contributed by atoms with van der Waals surface area (Å²) >= 11 is 4.84. The zero-order chi connectivity index (χ0) is 32.1. The first-order valence-corrected chi connectivity index (χ1v) is 15.9. The predicted octanol–water partition coefficient (Wildman–Crippen LogP) is 5.47. The van der Waals surface area contributed by atoms with E-state index >= 15 is 0 Å². The summed E-state index contributed by atoms with van der Waals surface area (Å²) in [6, 6.07) is 16.4. The van der Waals surface area contributed by atoms with Crippen molar-refractivity contribution in [3.63, 3.8) is 0 Å². The van der Waals surface area contributed by atoms with E-state index in [1.807, 2.05) is 57.2 Å². The van der Waals surface area contributed by atoms with Gasteiger partial charge in [0.05, 0.1) is 48.1 Å². The number of nitrogens with zero attached hydrogens (tertiary/aromatic N) is 2. The van der Waals surface area contributed by atoms with Gasteiger partial charge in [-0.1, -0.05) is 47.2 Å². The SMILES string of the molecule is CCOc1ccc([C@H]2C(C(=O)OC)=CN=c3s/c(=C\c4cc(Br)c(OCc5cccc(C)c5)c(OC)c4)c(=O)n32)cc1OCC. The second-order valence-corrected chi connectivity index (χ2v) is 11.9. The minimum absolute atomic E-state index is 0.225. The molecule has 11 heteroatoms. The van der Waals surface area contributed by atoms with Crippen LogP contribution in [0.1, 0.15) is 42.1 Å². The number of hydrogen-bond acceptors (Lipinski definition) is 9. The molecule has 0 unspecified atom stereocenters. The fourth-order valence-electron chi connectivity index (χ4n) is 5.06. The van der Waals surface area contributed by atoms with E-state index in [0.29, 0.717) is 62.2 Å². The average molecular weight is 694 g/mol. The third-order valence-electron chi connectivity index (χ3n) is 7.02. The van der Waals surface area contributed by atoms with Crippen molar-refractivity contribution < 1.29 is 28.5 Å². The molecule has 0 radical (unpaired) electrons. The van der Waals surface area contributed by atoms with E-state index in [0.717, 1.165) is 16.7 Å². The molecular formula is C34H33BrN2O7S. The van der Waals surface area contributed by atoms with Crippen LogP contribution in [0.5, 0.6) is 23.0 Å². The van der Waals surface area contributed by atoms with E-state index < -0.39 is 12.0 Å². The standard InChI is InChI=1S/C34H33BrN2O7S/c1-6-42-26-12-11-23(17-27(26)43-7-2)30-24(33(39)41-5)18-36-34-37(30)32(38)29(45-34)16-22-14-25(35)31(28(15-22)40-4)44-19-21-10-8-9-20(3)13-21/h8-18,30H,6-7,19H2,1-5H3/b29-16-/t30-/m0/s1. The maximum Gasteiger partial charge on any atom is 0.337 e. The minimum atomic E-state index is -0.788. The van der Waals surface area contributed by atoms with Gasteiger partial charge in [-0.3, -0.25) is 9.36 Å². The summed E-state index contributed by atoms with van der Waals surface area (Å²) in [7, 11) is 2.87. The molecule has 0 saturated heterocycles. The third kappa shape index (κ3) is 6.84. The Balaban J connectivity index is 1.56. The number of esters is 1. The highest BCUT2D eigenvalue weighted by molar-refractivity contribution is 9.10. The second-order valence-electron chi connectivity index (χ2n) is 10.1. The normalized spacial score (nSPS) is 14.2. The van der Waals surface area contributed by atoms with Crippen molar-refractivity contribution in [2.45, 2.75) is 33.4 Å². The maximum absolute atomic E-state index is 14.0. The summed E-state index contributed by atoms with van der Waals surface area (Å²) < 4.78 is 31.0. The van der Waals surface area contributed by atoms with Gasteiger partial charge in [0.2, 0.25) is 0 Å². The molecule has 1 aromatic heterocycles. The van der Waals surface area contributed by atoms with Gasteiger partial charge >= 0.3 is 5.97 Å². The summed E-state index contributed by atoms with van der Waals surface area (Å²) in [5.41, 5.74) is 3.48. The number of hydrogen-bond donors (Lipinski definition) is 0. The fourth-order valence-corrected chi connectivity index (χ4v) is 6.60. The fraction of sp³-hybridized carbons (Fsp3) is 0.265. The Morgan fingerprint density at radius 2 is 1.78 bits per heavy atom.